The molecule has 0 unspecified atom stereocenters. The molecule has 0 aromatic rings. The molecule has 0 aliphatic heterocycles. The molecule has 35 heavy (non-hydrogen) atoms. The second kappa shape index (κ2) is 24.4. The van der Waals surface area contributed by atoms with Crippen LogP contribution in [0.4, 0.5) is 0 Å². The number of nitrogens with one attached hydrogen (secondary N) is 1. The van der Waals surface area contributed by atoms with E-state index in [9.17, 15) is 0 Å². The van der Waals surface area contributed by atoms with Crippen molar-refractivity contribution >= 4 is 8.80 Å². The first-order valence-corrected chi connectivity index (χ1v) is 17.3. The Morgan fingerprint density at radius 3 is 1.31 bits per heavy atom. The summed E-state index contributed by atoms with van der Waals surface area (Å²) in [5.74, 6) is 1.77. The molecule has 3 atom stereocenters. The summed E-state index contributed by atoms with van der Waals surface area (Å²) in [6, 6.07) is 0.892. The lowest BCUT2D eigenvalue weighted by atomic mass is 10.0. The van der Waals surface area contributed by atoms with E-state index in [0.29, 0.717) is 24.3 Å². The van der Waals surface area contributed by atoms with Gasteiger partial charge < -0.3 is 24.3 Å². The third-order valence-electron chi connectivity index (χ3n) is 7.40. The number of rotatable bonds is 27. The average molecular weight is 517 g/mol. The molecule has 0 aliphatic carbocycles. The van der Waals surface area contributed by atoms with Crippen molar-refractivity contribution in [3.8, 4) is 0 Å². The first-order chi connectivity index (χ1) is 17.0. The van der Waals surface area contributed by atoms with Crippen LogP contribution >= 0.6 is 0 Å². The van der Waals surface area contributed by atoms with Crippen LogP contribution in [-0.4, -0.2) is 48.3 Å². The molecule has 0 radical (unpaired) electrons. The fourth-order valence-electron chi connectivity index (χ4n) is 4.43. The van der Waals surface area contributed by atoms with E-state index in [1.165, 1.54) is 57.8 Å². The third-order valence-corrected chi connectivity index (χ3v) is 10.2. The van der Waals surface area contributed by atoms with E-state index in [1.807, 2.05) is 0 Å². The van der Waals surface area contributed by atoms with Gasteiger partial charge in [0.15, 0.2) is 0 Å². The maximum Gasteiger partial charge on any atom is 0.501 e. The van der Waals surface area contributed by atoms with Crippen molar-refractivity contribution in [2.75, 3.05) is 39.5 Å². The Bertz CT molecular complexity index is 392. The summed E-state index contributed by atoms with van der Waals surface area (Å²) in [5.41, 5.74) is 5.68. The molecule has 212 valence electrons. The maximum atomic E-state index is 6.83. The van der Waals surface area contributed by atoms with Crippen LogP contribution in [0.2, 0.25) is 6.04 Å². The fraction of sp³-hybridized carbons (Fsp3) is 1.00. The minimum absolute atomic E-state index is 0.591. The first kappa shape index (κ1) is 35.0. The van der Waals surface area contributed by atoms with E-state index in [4.69, 9.17) is 19.0 Å². The zero-order valence-corrected chi connectivity index (χ0v) is 25.7. The Morgan fingerprint density at radius 1 is 0.600 bits per heavy atom. The standard InChI is InChI=1S/C29H64N2O3Si/c1-7-13-17-27(10-4)24-32-35(23-16-21-31-22-20-30,33-25-28(11-5)18-14-8-2)34-26-29(12-6)19-15-9-3/h27-29,31H,7-26,30H2,1-6H3/t27-,28-,29+/m0/s1. The molecular weight excluding hydrogens is 452 g/mol. The van der Waals surface area contributed by atoms with Gasteiger partial charge in [-0.2, -0.15) is 0 Å². The molecule has 0 fully saturated rings. The van der Waals surface area contributed by atoms with E-state index in [2.05, 4.69) is 46.9 Å². The lowest BCUT2D eigenvalue weighted by Gasteiger charge is -2.34. The summed E-state index contributed by atoms with van der Waals surface area (Å²) in [5, 5.41) is 3.45. The van der Waals surface area contributed by atoms with Crippen LogP contribution in [-0.2, 0) is 13.3 Å². The van der Waals surface area contributed by atoms with Gasteiger partial charge in [0, 0.05) is 39.0 Å². The molecule has 6 heteroatoms. The summed E-state index contributed by atoms with van der Waals surface area (Å²) in [6.07, 6.45) is 15.7. The highest BCUT2D eigenvalue weighted by Crippen LogP contribution is 2.26. The first-order valence-electron chi connectivity index (χ1n) is 15.4. The van der Waals surface area contributed by atoms with E-state index in [-0.39, 0.29) is 0 Å². The van der Waals surface area contributed by atoms with Gasteiger partial charge in [0.1, 0.15) is 0 Å². The maximum absolute atomic E-state index is 6.83. The monoisotopic (exact) mass is 516 g/mol. The van der Waals surface area contributed by atoms with Gasteiger partial charge >= 0.3 is 8.80 Å². The Hall–Kier alpha value is 0.0169. The largest absolute Gasteiger partial charge is 0.501 e. The van der Waals surface area contributed by atoms with Gasteiger partial charge in [0.2, 0.25) is 0 Å². The minimum Gasteiger partial charge on any atom is -0.373 e. The van der Waals surface area contributed by atoms with Crippen LogP contribution in [0.5, 0.6) is 0 Å². The third kappa shape index (κ3) is 18.0. The van der Waals surface area contributed by atoms with E-state index >= 15 is 0 Å². The summed E-state index contributed by atoms with van der Waals surface area (Å²) in [4.78, 5) is 0. The van der Waals surface area contributed by atoms with Crippen molar-refractivity contribution in [2.24, 2.45) is 23.5 Å². The van der Waals surface area contributed by atoms with Crippen molar-refractivity contribution in [3.63, 3.8) is 0 Å². The Labute approximate surface area is 221 Å². The molecule has 3 N–H and O–H groups in total. The molecule has 0 saturated carbocycles. The minimum atomic E-state index is -2.78. The van der Waals surface area contributed by atoms with Crippen molar-refractivity contribution < 1.29 is 13.3 Å². The lowest BCUT2D eigenvalue weighted by molar-refractivity contribution is 0.0241. The molecule has 0 aromatic carbocycles. The topological polar surface area (TPSA) is 65.7 Å². The van der Waals surface area contributed by atoms with Crippen molar-refractivity contribution in [1.82, 2.24) is 5.32 Å². The Morgan fingerprint density at radius 2 is 1.00 bits per heavy atom. The fourth-order valence-corrected chi connectivity index (χ4v) is 7.19. The summed E-state index contributed by atoms with van der Waals surface area (Å²) < 4.78 is 20.5. The van der Waals surface area contributed by atoms with Gasteiger partial charge in [-0.05, 0) is 50.0 Å². The average Bonchev–Trinajstić information content (AvgIpc) is 2.88. The summed E-state index contributed by atoms with van der Waals surface area (Å²) in [6.45, 7) is 18.5. The molecule has 0 rings (SSSR count). The molecule has 0 aliphatic rings. The zero-order valence-electron chi connectivity index (χ0n) is 24.7. The Balaban J connectivity index is 5.53. The van der Waals surface area contributed by atoms with Gasteiger partial charge in [0.25, 0.3) is 0 Å². The second-order valence-electron chi connectivity index (χ2n) is 10.5. The smallest absolute Gasteiger partial charge is 0.373 e. The normalized spacial score (nSPS) is 14.8. The van der Waals surface area contributed by atoms with Crippen LogP contribution in [0.15, 0.2) is 0 Å². The summed E-state index contributed by atoms with van der Waals surface area (Å²) in [7, 11) is -2.78. The predicted octanol–water partition coefficient (Wildman–Crippen LogP) is 7.56. The SMILES string of the molecule is CCCC[C@@H](CC)CO[Si](CCCNCCN)(OC[C@@H](CC)CCCC)OC[C@@H](CC)CCCC. The molecule has 5 nitrogen and oxygen atoms in total. The molecule has 0 bridgehead atoms. The molecule has 0 aromatic heterocycles. The van der Waals surface area contributed by atoms with E-state index in [1.54, 1.807) is 0 Å². The van der Waals surface area contributed by atoms with Crippen molar-refractivity contribution in [2.45, 2.75) is 131 Å². The van der Waals surface area contributed by atoms with Gasteiger partial charge in [0.05, 0.1) is 0 Å². The highest BCUT2D eigenvalue weighted by molar-refractivity contribution is 6.60. The number of hydrogen-bond donors (Lipinski definition) is 2. The van der Waals surface area contributed by atoms with E-state index < -0.39 is 8.80 Å². The quantitative estimate of drug-likeness (QED) is 0.0871. The zero-order chi connectivity index (χ0) is 26.2. The van der Waals surface area contributed by atoms with Crippen LogP contribution in [0.3, 0.4) is 0 Å². The predicted molar refractivity (Wildman–Crippen MR) is 155 cm³/mol. The van der Waals surface area contributed by atoms with Gasteiger partial charge in [-0.25, -0.2) is 0 Å². The lowest BCUT2D eigenvalue weighted by Crippen LogP contribution is -2.49. The van der Waals surface area contributed by atoms with Crippen LogP contribution in [0.25, 0.3) is 0 Å². The molecular formula is C29H64N2O3Si. The Kier molecular flexibility index (Phi) is 24.4. The van der Waals surface area contributed by atoms with E-state index in [0.717, 1.165) is 64.6 Å². The highest BCUT2D eigenvalue weighted by Gasteiger charge is 2.42. The van der Waals surface area contributed by atoms with Crippen molar-refractivity contribution in [3.05, 3.63) is 0 Å². The molecule has 0 spiro atoms. The van der Waals surface area contributed by atoms with Crippen LogP contribution < -0.4 is 11.1 Å². The van der Waals surface area contributed by atoms with Gasteiger partial charge in [-0.15, -0.1) is 0 Å². The van der Waals surface area contributed by atoms with Crippen LogP contribution in [0.1, 0.15) is 125 Å². The van der Waals surface area contributed by atoms with Gasteiger partial charge in [-0.3, -0.25) is 0 Å². The number of nitrogens with two attached hydrogens (primary N) is 1. The van der Waals surface area contributed by atoms with Crippen LogP contribution in [0, 0.1) is 17.8 Å². The molecule has 0 heterocycles. The molecule has 0 amide bonds. The second-order valence-corrected chi connectivity index (χ2v) is 13.2. The van der Waals surface area contributed by atoms with Gasteiger partial charge in [-0.1, -0.05) is 99.3 Å². The number of hydrogen-bond acceptors (Lipinski definition) is 5. The van der Waals surface area contributed by atoms with Crippen molar-refractivity contribution in [1.29, 1.82) is 0 Å². The summed E-state index contributed by atoms with van der Waals surface area (Å²) >= 11 is 0. The number of unbranched alkanes of at least 4 members (excludes halogenated alkanes) is 3. The molecule has 0 saturated heterocycles. The highest BCUT2D eigenvalue weighted by atomic mass is 28.4.